The van der Waals surface area contributed by atoms with Gasteiger partial charge in [-0.1, -0.05) is 0 Å². The molecule has 20 heavy (non-hydrogen) atoms. The minimum absolute atomic E-state index is 0.0443. The normalized spacial score (nSPS) is 19.1. The van der Waals surface area contributed by atoms with Crippen LogP contribution in [-0.4, -0.2) is 26.9 Å². The Bertz CT molecular complexity index is 628. The maximum Gasteiger partial charge on any atom is 0.244 e. The third-order valence-corrected chi connectivity index (χ3v) is 5.22. The van der Waals surface area contributed by atoms with Gasteiger partial charge in [0.25, 0.3) is 0 Å². The molecule has 0 radical (unpaired) electrons. The second-order valence-electron chi connectivity index (χ2n) is 4.35. The van der Waals surface area contributed by atoms with Crippen LogP contribution in [0.2, 0.25) is 0 Å². The van der Waals surface area contributed by atoms with Crippen LogP contribution in [0.3, 0.4) is 0 Å². The molecule has 0 bridgehead atoms. The summed E-state index contributed by atoms with van der Waals surface area (Å²) < 4.78 is 52.6. The molecule has 1 aliphatic heterocycles. The van der Waals surface area contributed by atoms with Crippen molar-refractivity contribution in [3.05, 3.63) is 28.2 Å². The Hall–Kier alpha value is -1.06. The van der Waals surface area contributed by atoms with Crippen LogP contribution in [0.5, 0.6) is 0 Å². The van der Waals surface area contributed by atoms with E-state index in [4.69, 9.17) is 0 Å². The third-order valence-electron chi connectivity index (χ3n) is 2.84. The van der Waals surface area contributed by atoms with Gasteiger partial charge in [0, 0.05) is 29.5 Å². The Labute approximate surface area is 122 Å². The number of hydrogen-bond acceptors (Lipinski definition) is 3. The summed E-state index contributed by atoms with van der Waals surface area (Å²) in [5, 5.41) is 2.58. The van der Waals surface area contributed by atoms with Crippen LogP contribution in [0.1, 0.15) is 12.8 Å². The minimum atomic E-state index is -4.13. The van der Waals surface area contributed by atoms with E-state index < -0.39 is 26.6 Å². The van der Waals surface area contributed by atoms with Gasteiger partial charge in [-0.15, -0.1) is 0 Å². The average Bonchev–Trinajstić information content (AvgIpc) is 2.71. The van der Waals surface area contributed by atoms with Crippen molar-refractivity contribution in [2.45, 2.75) is 23.8 Å². The van der Waals surface area contributed by atoms with Gasteiger partial charge in [0.15, 0.2) is 0 Å². The van der Waals surface area contributed by atoms with Gasteiger partial charge in [-0.25, -0.2) is 21.9 Å². The molecule has 1 unspecified atom stereocenters. The Morgan fingerprint density at radius 2 is 2.10 bits per heavy atom. The number of nitrogens with one attached hydrogen (secondary N) is 2. The zero-order chi connectivity index (χ0) is 14.9. The van der Waals surface area contributed by atoms with E-state index in [0.717, 1.165) is 6.07 Å². The summed E-state index contributed by atoms with van der Waals surface area (Å²) >= 11 is 2.83. The predicted molar refractivity (Wildman–Crippen MR) is 70.4 cm³/mol. The van der Waals surface area contributed by atoms with Gasteiger partial charge in [-0.2, -0.15) is 0 Å². The highest BCUT2D eigenvalue weighted by Crippen LogP contribution is 2.26. The molecule has 9 heteroatoms. The second-order valence-corrected chi connectivity index (χ2v) is 6.91. The molecule has 1 aromatic rings. The van der Waals surface area contributed by atoms with E-state index in [1.807, 2.05) is 0 Å². The quantitative estimate of drug-likeness (QED) is 0.840. The summed E-state index contributed by atoms with van der Waals surface area (Å²) in [5.74, 6) is -2.21. The van der Waals surface area contributed by atoms with Crippen molar-refractivity contribution in [2.24, 2.45) is 0 Å². The van der Waals surface area contributed by atoms with Gasteiger partial charge in [0.1, 0.15) is 16.5 Å². The molecule has 1 amide bonds. The number of amides is 1. The fourth-order valence-corrected chi connectivity index (χ4v) is 4.14. The van der Waals surface area contributed by atoms with Gasteiger partial charge >= 0.3 is 0 Å². The Morgan fingerprint density at radius 1 is 1.40 bits per heavy atom. The first-order valence-corrected chi connectivity index (χ1v) is 8.01. The van der Waals surface area contributed by atoms with E-state index in [-0.39, 0.29) is 23.0 Å². The summed E-state index contributed by atoms with van der Waals surface area (Å²) in [6.45, 7) is -0.0443. The molecule has 5 nitrogen and oxygen atoms in total. The molecule has 110 valence electrons. The van der Waals surface area contributed by atoms with Gasteiger partial charge < -0.3 is 5.32 Å². The molecule has 0 aliphatic carbocycles. The first-order valence-electron chi connectivity index (χ1n) is 5.73. The van der Waals surface area contributed by atoms with Crippen molar-refractivity contribution in [2.75, 3.05) is 6.54 Å². The maximum atomic E-state index is 13.6. The molecule has 1 fully saturated rings. The summed E-state index contributed by atoms with van der Waals surface area (Å²) in [4.78, 5) is 10.3. The SMILES string of the molecule is O=C1CCC(CNS(=O)(=O)c2c(F)cc(F)cc2Br)N1. The zero-order valence-electron chi connectivity index (χ0n) is 10.1. The van der Waals surface area contributed by atoms with E-state index >= 15 is 0 Å². The van der Waals surface area contributed by atoms with Crippen LogP contribution in [0, 0.1) is 11.6 Å². The molecule has 1 saturated heterocycles. The van der Waals surface area contributed by atoms with E-state index in [9.17, 15) is 22.0 Å². The first kappa shape index (κ1) is 15.3. The van der Waals surface area contributed by atoms with Crippen LogP contribution in [0.25, 0.3) is 0 Å². The highest BCUT2D eigenvalue weighted by Gasteiger charge is 2.26. The van der Waals surface area contributed by atoms with Crippen molar-refractivity contribution in [3.63, 3.8) is 0 Å². The van der Waals surface area contributed by atoms with Crippen molar-refractivity contribution in [3.8, 4) is 0 Å². The van der Waals surface area contributed by atoms with Gasteiger partial charge in [0.2, 0.25) is 15.9 Å². The molecule has 1 heterocycles. The molecule has 2 rings (SSSR count). The number of hydrogen-bond donors (Lipinski definition) is 2. The van der Waals surface area contributed by atoms with Gasteiger partial charge in [-0.3, -0.25) is 4.79 Å². The molecule has 1 aromatic carbocycles. The molecule has 0 saturated carbocycles. The molecular weight excluding hydrogens is 358 g/mol. The lowest BCUT2D eigenvalue weighted by Crippen LogP contribution is -2.38. The topological polar surface area (TPSA) is 75.3 Å². The summed E-state index contributed by atoms with van der Waals surface area (Å²) in [5.41, 5.74) is 0. The number of rotatable bonds is 4. The molecule has 1 atom stereocenters. The third kappa shape index (κ3) is 3.33. The summed E-state index contributed by atoms with van der Waals surface area (Å²) in [6, 6.07) is 1.05. The average molecular weight is 369 g/mol. The Balaban J connectivity index is 2.16. The van der Waals surface area contributed by atoms with E-state index in [2.05, 4.69) is 26.0 Å². The predicted octanol–water partition coefficient (Wildman–Crippen LogP) is 1.28. The smallest absolute Gasteiger partial charge is 0.244 e. The number of halogens is 3. The molecule has 0 spiro atoms. The summed E-state index contributed by atoms with van der Waals surface area (Å²) in [6.07, 6.45) is 0.843. The highest BCUT2D eigenvalue weighted by molar-refractivity contribution is 9.10. The van der Waals surface area contributed by atoms with Crippen LogP contribution in [0.15, 0.2) is 21.5 Å². The zero-order valence-corrected chi connectivity index (χ0v) is 12.5. The number of carbonyl (C=O) groups excluding carboxylic acids is 1. The van der Waals surface area contributed by atoms with Gasteiger partial charge in [0.05, 0.1) is 0 Å². The van der Waals surface area contributed by atoms with Gasteiger partial charge in [-0.05, 0) is 28.4 Å². The Kier molecular flexibility index (Phi) is 4.40. The lowest BCUT2D eigenvalue weighted by molar-refractivity contribution is -0.119. The monoisotopic (exact) mass is 368 g/mol. The van der Waals surface area contributed by atoms with Crippen LogP contribution >= 0.6 is 15.9 Å². The van der Waals surface area contributed by atoms with E-state index in [1.54, 1.807) is 0 Å². The van der Waals surface area contributed by atoms with Crippen molar-refractivity contribution in [1.82, 2.24) is 10.0 Å². The maximum absolute atomic E-state index is 13.6. The van der Waals surface area contributed by atoms with Crippen LogP contribution < -0.4 is 10.0 Å². The standard InChI is InChI=1S/C11H11BrF2N2O3S/c12-8-3-6(13)4-9(14)11(8)20(18,19)15-5-7-1-2-10(17)16-7/h3-4,7,15H,1-2,5H2,(H,16,17). The summed E-state index contributed by atoms with van der Waals surface area (Å²) in [7, 11) is -4.13. The lowest BCUT2D eigenvalue weighted by atomic mass is 10.2. The fraction of sp³-hybridized carbons (Fsp3) is 0.364. The fourth-order valence-electron chi connectivity index (χ4n) is 1.90. The van der Waals surface area contributed by atoms with Crippen LogP contribution in [-0.2, 0) is 14.8 Å². The lowest BCUT2D eigenvalue weighted by Gasteiger charge is -2.13. The van der Waals surface area contributed by atoms with Crippen LogP contribution in [0.4, 0.5) is 8.78 Å². The van der Waals surface area contributed by atoms with Crippen molar-refractivity contribution in [1.29, 1.82) is 0 Å². The molecule has 1 aliphatic rings. The minimum Gasteiger partial charge on any atom is -0.352 e. The van der Waals surface area contributed by atoms with Crippen molar-refractivity contribution >= 4 is 31.9 Å². The van der Waals surface area contributed by atoms with Crippen molar-refractivity contribution < 1.29 is 22.0 Å². The van der Waals surface area contributed by atoms with E-state index in [0.29, 0.717) is 18.9 Å². The highest BCUT2D eigenvalue weighted by atomic mass is 79.9. The largest absolute Gasteiger partial charge is 0.352 e. The number of carbonyl (C=O) groups is 1. The first-order chi connectivity index (χ1) is 9.29. The number of sulfonamides is 1. The van der Waals surface area contributed by atoms with E-state index in [1.165, 1.54) is 0 Å². The molecular formula is C11H11BrF2N2O3S. The Morgan fingerprint density at radius 3 is 2.65 bits per heavy atom. The molecule has 0 aromatic heterocycles. The number of benzene rings is 1. The second kappa shape index (κ2) is 5.74. The molecule has 2 N–H and O–H groups in total.